The number of nitrogens with one attached hydrogen (secondary N) is 1. The van der Waals surface area contributed by atoms with Crippen LogP contribution in [0.4, 0.5) is 19.4 Å². The highest BCUT2D eigenvalue weighted by molar-refractivity contribution is 6.00. The number of nitrogens with two attached hydrogens (primary N) is 1. The quantitative estimate of drug-likeness (QED) is 0.434. The first-order valence-corrected chi connectivity index (χ1v) is 11.2. The van der Waals surface area contributed by atoms with E-state index in [-0.39, 0.29) is 60.7 Å². The third-order valence-electron chi connectivity index (χ3n) is 6.48. The molecular formula is C24H24F2N6O5. The Morgan fingerprint density at radius 3 is 2.86 bits per heavy atom. The van der Waals surface area contributed by atoms with Gasteiger partial charge >= 0.3 is 6.09 Å². The zero-order valence-electron chi connectivity index (χ0n) is 19.8. The molecule has 3 heterocycles. The number of carbonyl (C=O) groups excluding carboxylic acids is 2. The maximum atomic E-state index is 15.8. The minimum atomic E-state index is -1.66. The number of nitriles is 1. The number of anilines is 1. The molecule has 0 bridgehead atoms. The van der Waals surface area contributed by atoms with E-state index < -0.39 is 29.5 Å². The lowest BCUT2D eigenvalue weighted by molar-refractivity contribution is 0.00658. The van der Waals surface area contributed by atoms with Gasteiger partial charge in [0, 0.05) is 42.5 Å². The number of carbonyl (C=O) groups is 2. The van der Waals surface area contributed by atoms with Crippen molar-refractivity contribution in [3.63, 3.8) is 0 Å². The monoisotopic (exact) mass is 514 g/mol. The highest BCUT2D eigenvalue weighted by Crippen LogP contribution is 2.38. The third kappa shape index (κ3) is 4.96. The van der Waals surface area contributed by atoms with Gasteiger partial charge in [0.2, 0.25) is 0 Å². The van der Waals surface area contributed by atoms with Gasteiger partial charge in [-0.25, -0.2) is 13.6 Å². The number of ether oxygens (including phenoxy) is 1. The van der Waals surface area contributed by atoms with Gasteiger partial charge in [-0.3, -0.25) is 19.7 Å². The summed E-state index contributed by atoms with van der Waals surface area (Å²) in [5.74, 6) is -1.85. The first-order valence-electron chi connectivity index (χ1n) is 11.2. The van der Waals surface area contributed by atoms with Crippen LogP contribution < -0.4 is 11.1 Å². The van der Waals surface area contributed by atoms with E-state index in [1.807, 2.05) is 6.07 Å². The average Bonchev–Trinajstić information content (AvgIpc) is 3.54. The van der Waals surface area contributed by atoms with E-state index in [1.54, 1.807) is 11.0 Å². The van der Waals surface area contributed by atoms with Crippen LogP contribution in [0.1, 0.15) is 28.8 Å². The van der Waals surface area contributed by atoms with Crippen molar-refractivity contribution in [3.05, 3.63) is 53.9 Å². The largest absolute Gasteiger partial charge is 0.507 e. The lowest BCUT2D eigenvalue weighted by Crippen LogP contribution is -2.54. The third-order valence-corrected chi connectivity index (χ3v) is 6.48. The number of likely N-dealkylation sites (tertiary alicyclic amines) is 1. The van der Waals surface area contributed by atoms with E-state index >= 15 is 4.39 Å². The van der Waals surface area contributed by atoms with Gasteiger partial charge in [-0.2, -0.15) is 10.4 Å². The molecule has 1 aromatic carbocycles. The van der Waals surface area contributed by atoms with Crippen molar-refractivity contribution in [1.82, 2.24) is 14.7 Å². The van der Waals surface area contributed by atoms with Crippen LogP contribution in [0.5, 0.6) is 5.75 Å². The van der Waals surface area contributed by atoms with Crippen molar-refractivity contribution in [3.8, 4) is 22.9 Å². The van der Waals surface area contributed by atoms with E-state index in [0.717, 1.165) is 11.8 Å². The number of benzene rings is 1. The number of phenolic OH excluding ortho intramolecular Hbond substituents is 1. The van der Waals surface area contributed by atoms with Gasteiger partial charge in [0.1, 0.15) is 28.8 Å². The summed E-state index contributed by atoms with van der Waals surface area (Å²) in [5.41, 5.74) is 4.71. The van der Waals surface area contributed by atoms with E-state index in [2.05, 4.69) is 15.2 Å². The minimum absolute atomic E-state index is 0.00883. The lowest BCUT2D eigenvalue weighted by atomic mass is 9.83. The number of phenols is 1. The fourth-order valence-electron chi connectivity index (χ4n) is 4.45. The van der Waals surface area contributed by atoms with Gasteiger partial charge in [-0.05, 0) is 24.6 Å². The summed E-state index contributed by atoms with van der Waals surface area (Å²) < 4.78 is 41.3. The zero-order valence-corrected chi connectivity index (χ0v) is 19.8. The Morgan fingerprint density at radius 1 is 1.46 bits per heavy atom. The number of rotatable bonds is 7. The fourth-order valence-corrected chi connectivity index (χ4v) is 4.45. The Kier molecular flexibility index (Phi) is 7.12. The number of nitrogens with zero attached hydrogens (tertiary/aromatic N) is 4. The Balaban J connectivity index is 1.57. The molecule has 37 heavy (non-hydrogen) atoms. The van der Waals surface area contributed by atoms with Gasteiger partial charge in [-0.15, -0.1) is 0 Å². The average molecular weight is 514 g/mol. The van der Waals surface area contributed by atoms with Crippen LogP contribution in [0, 0.1) is 17.1 Å². The number of piperidine rings is 1. The summed E-state index contributed by atoms with van der Waals surface area (Å²) in [6.07, 6.45) is 1.22. The summed E-state index contributed by atoms with van der Waals surface area (Å²) in [4.78, 5) is 25.2. The number of alkyl halides is 1. The Morgan fingerprint density at radius 2 is 2.24 bits per heavy atom. The van der Waals surface area contributed by atoms with Crippen LogP contribution in [0.15, 0.2) is 41.3 Å². The first kappa shape index (κ1) is 25.6. The van der Waals surface area contributed by atoms with Gasteiger partial charge in [-0.1, -0.05) is 0 Å². The molecule has 2 aromatic heterocycles. The van der Waals surface area contributed by atoms with Crippen LogP contribution in [0.25, 0.3) is 11.1 Å². The standard InChI is InChI=1S/C24H24F2N6O5/c1-36-23(35)29-22-17(21(28)34)11-32(30-22)24(3-5-27)4-6-31(12-20(24)26)10-15-8-19(33)16(9-18(15)25)14-2-7-37-13-14/h2,7-9,11,13,20,33H,3-4,6,10,12H2,1H3,(H2,28,34)(H,29,30,35). The van der Waals surface area contributed by atoms with Crippen molar-refractivity contribution in [1.29, 1.82) is 5.26 Å². The van der Waals surface area contributed by atoms with Gasteiger partial charge in [0.25, 0.3) is 5.91 Å². The predicted octanol–water partition coefficient (Wildman–Crippen LogP) is 3.12. The maximum absolute atomic E-state index is 15.8. The number of primary amides is 1. The predicted molar refractivity (Wildman–Crippen MR) is 126 cm³/mol. The maximum Gasteiger partial charge on any atom is 0.412 e. The smallest absolute Gasteiger partial charge is 0.412 e. The summed E-state index contributed by atoms with van der Waals surface area (Å²) in [6, 6.07) is 6.04. The lowest BCUT2D eigenvalue weighted by Gasteiger charge is -2.43. The second kappa shape index (κ2) is 10.3. The number of furan rings is 1. The first-order chi connectivity index (χ1) is 17.7. The molecule has 0 radical (unpaired) electrons. The SMILES string of the molecule is COC(=O)Nc1nn(C2(CC#N)CCN(Cc3cc(O)c(-c4ccoc4)cc3F)CC2F)cc1C(N)=O. The molecular weight excluding hydrogens is 490 g/mol. The zero-order chi connectivity index (χ0) is 26.7. The van der Waals surface area contributed by atoms with Crippen molar-refractivity contribution in [2.45, 2.75) is 31.1 Å². The molecule has 1 fully saturated rings. The van der Waals surface area contributed by atoms with Gasteiger partial charge in [0.05, 0.1) is 32.1 Å². The Labute approximate surface area is 210 Å². The Bertz CT molecular complexity index is 1350. The van der Waals surface area contributed by atoms with Gasteiger partial charge in [0.15, 0.2) is 5.82 Å². The fraction of sp³-hybridized carbons (Fsp3) is 0.333. The molecule has 0 saturated carbocycles. The topological polar surface area (TPSA) is 160 Å². The number of hydrogen-bond acceptors (Lipinski definition) is 8. The Hall–Kier alpha value is -4.44. The molecule has 1 aliphatic rings. The van der Waals surface area contributed by atoms with Crippen LogP contribution in [0.3, 0.4) is 0 Å². The van der Waals surface area contributed by atoms with E-state index in [4.69, 9.17) is 10.2 Å². The van der Waals surface area contributed by atoms with Crippen LogP contribution in [0.2, 0.25) is 0 Å². The van der Waals surface area contributed by atoms with E-state index in [1.165, 1.54) is 30.9 Å². The van der Waals surface area contributed by atoms with Crippen molar-refractivity contribution >= 4 is 17.8 Å². The summed E-state index contributed by atoms with van der Waals surface area (Å²) in [5, 5.41) is 26.3. The molecule has 4 rings (SSSR count). The molecule has 2 atom stereocenters. The van der Waals surface area contributed by atoms with Gasteiger partial charge < -0.3 is 20.0 Å². The molecule has 11 nitrogen and oxygen atoms in total. The van der Waals surface area contributed by atoms with Crippen molar-refractivity contribution < 1.29 is 32.6 Å². The molecule has 13 heteroatoms. The molecule has 2 unspecified atom stereocenters. The number of aromatic nitrogens is 2. The second-order valence-corrected chi connectivity index (χ2v) is 8.68. The number of amides is 2. The molecule has 3 aromatic rings. The minimum Gasteiger partial charge on any atom is -0.507 e. The summed E-state index contributed by atoms with van der Waals surface area (Å²) in [7, 11) is 1.12. The van der Waals surface area contributed by atoms with Crippen LogP contribution >= 0.6 is 0 Å². The molecule has 1 aliphatic heterocycles. The van der Waals surface area contributed by atoms with E-state index in [9.17, 15) is 24.3 Å². The number of hydrogen-bond donors (Lipinski definition) is 3. The normalized spacial score (nSPS) is 19.8. The highest BCUT2D eigenvalue weighted by Gasteiger charge is 2.47. The molecule has 2 amide bonds. The van der Waals surface area contributed by atoms with Crippen molar-refractivity contribution in [2.24, 2.45) is 5.73 Å². The van der Waals surface area contributed by atoms with Crippen LogP contribution in [-0.4, -0.2) is 58.2 Å². The molecule has 1 saturated heterocycles. The molecule has 4 N–H and O–H groups in total. The number of halogens is 2. The molecule has 194 valence electrons. The number of methoxy groups -OCH3 is 1. The van der Waals surface area contributed by atoms with Crippen LogP contribution in [-0.2, 0) is 16.8 Å². The summed E-state index contributed by atoms with van der Waals surface area (Å²) >= 11 is 0. The summed E-state index contributed by atoms with van der Waals surface area (Å²) in [6.45, 7) is 0.0725. The second-order valence-electron chi connectivity index (χ2n) is 8.68. The van der Waals surface area contributed by atoms with Crippen molar-refractivity contribution in [2.75, 3.05) is 25.5 Å². The van der Waals surface area contributed by atoms with E-state index in [0.29, 0.717) is 5.56 Å². The number of aromatic hydroxyl groups is 1. The molecule has 0 aliphatic carbocycles. The molecule has 0 spiro atoms. The highest BCUT2D eigenvalue weighted by atomic mass is 19.1.